The zero-order chi connectivity index (χ0) is 11.7. The van der Waals surface area contributed by atoms with E-state index in [0.717, 1.165) is 5.69 Å². The molecular formula is C10H10N2O3S. The average molecular weight is 238 g/mol. The molecule has 0 spiro atoms. The van der Waals surface area contributed by atoms with Crippen molar-refractivity contribution in [2.24, 2.45) is 0 Å². The Bertz CT molecular complexity index is 600. The number of aryl methyl sites for hydroxylation is 1. The summed E-state index contributed by atoms with van der Waals surface area (Å²) in [5.41, 5.74) is 0.367. The molecule has 0 saturated carbocycles. The molecule has 84 valence electrons. The zero-order valence-corrected chi connectivity index (χ0v) is 9.71. The Hall–Kier alpha value is -1.69. The minimum absolute atomic E-state index is 0.0270. The standard InChI is InChI=1S/C10H10N2O3S/c1-3-15-9(14)7-4-11-10-12(8(7)13)6(2)5-16-10/h4-5H,3H2,1-2H3. The van der Waals surface area contributed by atoms with Gasteiger partial charge in [-0.25, -0.2) is 9.78 Å². The lowest BCUT2D eigenvalue weighted by Crippen LogP contribution is -2.24. The van der Waals surface area contributed by atoms with Crippen LogP contribution < -0.4 is 5.56 Å². The second kappa shape index (κ2) is 4.05. The lowest BCUT2D eigenvalue weighted by Gasteiger charge is -2.01. The second-order valence-electron chi connectivity index (χ2n) is 3.19. The number of rotatable bonds is 2. The predicted molar refractivity (Wildman–Crippen MR) is 60.0 cm³/mol. The van der Waals surface area contributed by atoms with Crippen molar-refractivity contribution in [2.75, 3.05) is 6.61 Å². The van der Waals surface area contributed by atoms with E-state index in [-0.39, 0.29) is 17.7 Å². The Labute approximate surface area is 95.3 Å². The highest BCUT2D eigenvalue weighted by atomic mass is 32.1. The van der Waals surface area contributed by atoms with Crippen LogP contribution in [0.4, 0.5) is 0 Å². The first kappa shape index (κ1) is 10.8. The SMILES string of the molecule is CCOC(=O)c1cnc2scc(C)n2c1=O. The third-order valence-corrected chi connectivity index (χ3v) is 3.07. The third-order valence-electron chi connectivity index (χ3n) is 2.11. The first-order chi connectivity index (χ1) is 7.65. The molecule has 0 saturated heterocycles. The Balaban J connectivity index is 2.64. The number of ether oxygens (including phenoxy) is 1. The Kier molecular flexibility index (Phi) is 2.74. The molecule has 0 aliphatic rings. The van der Waals surface area contributed by atoms with Crippen LogP contribution in [0, 0.1) is 6.92 Å². The Morgan fingerprint density at radius 3 is 3.06 bits per heavy atom. The molecule has 0 aromatic carbocycles. The molecule has 2 heterocycles. The van der Waals surface area contributed by atoms with Crippen molar-refractivity contribution in [1.29, 1.82) is 0 Å². The van der Waals surface area contributed by atoms with Gasteiger partial charge in [-0.15, -0.1) is 11.3 Å². The third kappa shape index (κ3) is 1.61. The van der Waals surface area contributed by atoms with Crippen LogP contribution in [-0.2, 0) is 4.74 Å². The minimum atomic E-state index is -0.625. The van der Waals surface area contributed by atoms with Crippen LogP contribution in [0.15, 0.2) is 16.4 Å². The van der Waals surface area contributed by atoms with Crippen LogP contribution in [0.1, 0.15) is 23.0 Å². The summed E-state index contributed by atoms with van der Waals surface area (Å²) in [6.45, 7) is 3.72. The van der Waals surface area contributed by atoms with Gasteiger partial charge in [0.1, 0.15) is 5.56 Å². The molecule has 5 nitrogen and oxygen atoms in total. The first-order valence-electron chi connectivity index (χ1n) is 4.78. The van der Waals surface area contributed by atoms with E-state index in [1.165, 1.54) is 21.9 Å². The fourth-order valence-corrected chi connectivity index (χ4v) is 2.20. The average Bonchev–Trinajstić information content (AvgIpc) is 2.62. The molecule has 0 fully saturated rings. The van der Waals surface area contributed by atoms with E-state index in [1.807, 2.05) is 5.38 Å². The number of thiazole rings is 1. The highest BCUT2D eigenvalue weighted by Crippen LogP contribution is 2.11. The largest absolute Gasteiger partial charge is 0.462 e. The number of hydrogen-bond donors (Lipinski definition) is 0. The van der Waals surface area contributed by atoms with Gasteiger partial charge < -0.3 is 4.74 Å². The van der Waals surface area contributed by atoms with E-state index in [1.54, 1.807) is 13.8 Å². The van der Waals surface area contributed by atoms with E-state index in [4.69, 9.17) is 4.74 Å². The monoisotopic (exact) mass is 238 g/mol. The summed E-state index contributed by atoms with van der Waals surface area (Å²) < 4.78 is 6.20. The van der Waals surface area contributed by atoms with Crippen molar-refractivity contribution in [3.8, 4) is 0 Å². The van der Waals surface area contributed by atoms with Gasteiger partial charge in [-0.2, -0.15) is 0 Å². The lowest BCUT2D eigenvalue weighted by atomic mass is 10.3. The first-order valence-corrected chi connectivity index (χ1v) is 5.66. The molecule has 0 radical (unpaired) electrons. The highest BCUT2D eigenvalue weighted by molar-refractivity contribution is 7.15. The fraction of sp³-hybridized carbons (Fsp3) is 0.300. The maximum Gasteiger partial charge on any atom is 0.345 e. The van der Waals surface area contributed by atoms with Crippen LogP contribution in [0.2, 0.25) is 0 Å². The molecule has 0 amide bonds. The number of carbonyl (C=O) groups excluding carboxylic acids is 1. The van der Waals surface area contributed by atoms with Gasteiger partial charge in [-0.3, -0.25) is 9.20 Å². The predicted octanol–water partition coefficient (Wildman–Crippen LogP) is 1.24. The maximum atomic E-state index is 12.0. The molecular weight excluding hydrogens is 228 g/mol. The Morgan fingerprint density at radius 1 is 1.62 bits per heavy atom. The highest BCUT2D eigenvalue weighted by Gasteiger charge is 2.15. The van der Waals surface area contributed by atoms with Gasteiger partial charge in [-0.05, 0) is 13.8 Å². The minimum Gasteiger partial charge on any atom is -0.462 e. The van der Waals surface area contributed by atoms with Crippen molar-refractivity contribution < 1.29 is 9.53 Å². The zero-order valence-electron chi connectivity index (χ0n) is 8.89. The van der Waals surface area contributed by atoms with Gasteiger partial charge in [-0.1, -0.05) is 0 Å². The summed E-state index contributed by atoms with van der Waals surface area (Å²) in [6, 6.07) is 0. The number of aromatic nitrogens is 2. The van der Waals surface area contributed by atoms with Gasteiger partial charge in [0.2, 0.25) is 0 Å². The van der Waals surface area contributed by atoms with Crippen LogP contribution in [0.5, 0.6) is 0 Å². The van der Waals surface area contributed by atoms with E-state index >= 15 is 0 Å². The summed E-state index contributed by atoms with van der Waals surface area (Å²) in [5, 5.41) is 1.82. The van der Waals surface area contributed by atoms with E-state index in [2.05, 4.69) is 4.98 Å². The molecule has 2 rings (SSSR count). The van der Waals surface area contributed by atoms with Gasteiger partial charge in [0.05, 0.1) is 12.8 Å². The number of nitrogens with zero attached hydrogens (tertiary/aromatic N) is 2. The van der Waals surface area contributed by atoms with Crippen LogP contribution in [0.25, 0.3) is 4.96 Å². The lowest BCUT2D eigenvalue weighted by molar-refractivity contribution is 0.0523. The van der Waals surface area contributed by atoms with E-state index in [9.17, 15) is 9.59 Å². The van der Waals surface area contributed by atoms with Gasteiger partial charge in [0.15, 0.2) is 4.96 Å². The van der Waals surface area contributed by atoms with Crippen LogP contribution in [0.3, 0.4) is 0 Å². The fourth-order valence-electron chi connectivity index (χ4n) is 1.37. The molecule has 0 unspecified atom stereocenters. The van der Waals surface area contributed by atoms with Crippen LogP contribution >= 0.6 is 11.3 Å². The number of hydrogen-bond acceptors (Lipinski definition) is 5. The number of carbonyl (C=O) groups is 1. The molecule has 0 aliphatic carbocycles. The number of fused-ring (bicyclic) bond motifs is 1. The molecule has 6 heteroatoms. The molecule has 0 N–H and O–H groups in total. The van der Waals surface area contributed by atoms with Crippen molar-refractivity contribution in [3.63, 3.8) is 0 Å². The summed E-state index contributed by atoms with van der Waals surface area (Å²) in [7, 11) is 0. The second-order valence-corrected chi connectivity index (χ2v) is 4.03. The van der Waals surface area contributed by atoms with Gasteiger partial charge in [0, 0.05) is 11.1 Å². The summed E-state index contributed by atoms with van der Waals surface area (Å²) >= 11 is 1.36. The molecule has 0 aliphatic heterocycles. The summed E-state index contributed by atoms with van der Waals surface area (Å²) in [6.07, 6.45) is 1.27. The van der Waals surface area contributed by atoms with E-state index < -0.39 is 5.97 Å². The quantitative estimate of drug-likeness (QED) is 0.738. The van der Waals surface area contributed by atoms with Crippen LogP contribution in [-0.4, -0.2) is 22.0 Å². The topological polar surface area (TPSA) is 60.7 Å². The molecule has 2 aromatic heterocycles. The van der Waals surface area contributed by atoms with Gasteiger partial charge in [0.25, 0.3) is 5.56 Å². The Morgan fingerprint density at radius 2 is 2.38 bits per heavy atom. The number of esters is 1. The van der Waals surface area contributed by atoms with E-state index in [0.29, 0.717) is 4.96 Å². The molecule has 0 bridgehead atoms. The smallest absolute Gasteiger partial charge is 0.345 e. The van der Waals surface area contributed by atoms with Crippen molar-refractivity contribution in [2.45, 2.75) is 13.8 Å². The normalized spacial score (nSPS) is 10.6. The molecule has 0 atom stereocenters. The van der Waals surface area contributed by atoms with Crippen molar-refractivity contribution in [3.05, 3.63) is 33.2 Å². The maximum absolute atomic E-state index is 12.0. The van der Waals surface area contributed by atoms with Crippen molar-refractivity contribution >= 4 is 22.3 Å². The van der Waals surface area contributed by atoms with Crippen molar-refractivity contribution in [1.82, 2.24) is 9.38 Å². The molecule has 16 heavy (non-hydrogen) atoms. The van der Waals surface area contributed by atoms with Gasteiger partial charge >= 0.3 is 5.97 Å². The summed E-state index contributed by atoms with van der Waals surface area (Å²) in [4.78, 5) is 28.1. The summed E-state index contributed by atoms with van der Waals surface area (Å²) in [5.74, 6) is -0.625. The molecule has 2 aromatic rings.